The third kappa shape index (κ3) is 4.33. The molecule has 0 aliphatic carbocycles. The molecule has 1 N–H and O–H groups in total. The quantitative estimate of drug-likeness (QED) is 0.910. The Morgan fingerprint density at radius 3 is 3.00 bits per heavy atom. The maximum Gasteiger partial charge on any atom is 0.225 e. The van der Waals surface area contributed by atoms with E-state index in [0.717, 1.165) is 14.2 Å². The first-order valence-corrected chi connectivity index (χ1v) is 7.28. The number of pyridine rings is 1. The van der Waals surface area contributed by atoms with Gasteiger partial charge in [0.05, 0.1) is 17.3 Å². The summed E-state index contributed by atoms with van der Waals surface area (Å²) in [6.45, 7) is 0.476. The van der Waals surface area contributed by atoms with Gasteiger partial charge in [0.15, 0.2) is 0 Å². The summed E-state index contributed by atoms with van der Waals surface area (Å²) in [6.07, 6.45) is 2.06. The molecule has 0 bridgehead atoms. The summed E-state index contributed by atoms with van der Waals surface area (Å²) in [6, 6.07) is 7.55. The number of methoxy groups -OCH3 is 1. The molecule has 19 heavy (non-hydrogen) atoms. The van der Waals surface area contributed by atoms with Crippen molar-refractivity contribution < 1.29 is 9.53 Å². The number of carbonyl (C=O) groups is 1. The number of thiophene rings is 1. The molecule has 100 valence electrons. The zero-order valence-electron chi connectivity index (χ0n) is 10.4. The van der Waals surface area contributed by atoms with Crippen LogP contribution in [0, 0.1) is 0 Å². The predicted octanol–water partition coefficient (Wildman–Crippen LogP) is 2.77. The third-order valence-corrected chi connectivity index (χ3v) is 4.09. The van der Waals surface area contributed by atoms with Crippen LogP contribution in [0.3, 0.4) is 0 Å². The van der Waals surface area contributed by atoms with Crippen molar-refractivity contribution in [3.63, 3.8) is 0 Å². The predicted molar refractivity (Wildman–Crippen MR) is 78.4 cm³/mol. The topological polar surface area (TPSA) is 51.2 Å². The maximum absolute atomic E-state index is 11.8. The largest absolute Gasteiger partial charge is 0.481 e. The molecule has 0 aliphatic rings. The normalized spacial score (nSPS) is 10.2. The molecule has 2 heterocycles. The fraction of sp³-hybridized carbons (Fsp3) is 0.231. The monoisotopic (exact) mass is 340 g/mol. The molecule has 2 aromatic rings. The highest BCUT2D eigenvalue weighted by Gasteiger charge is 2.06. The van der Waals surface area contributed by atoms with E-state index in [2.05, 4.69) is 26.2 Å². The molecular formula is C13H13BrN2O2S. The van der Waals surface area contributed by atoms with Crippen molar-refractivity contribution in [3.8, 4) is 5.88 Å². The lowest BCUT2D eigenvalue weighted by Crippen LogP contribution is -2.24. The Labute approximate surface area is 124 Å². The van der Waals surface area contributed by atoms with Gasteiger partial charge in [-0.1, -0.05) is 0 Å². The zero-order chi connectivity index (χ0) is 13.7. The van der Waals surface area contributed by atoms with Crippen LogP contribution in [0.15, 0.2) is 34.2 Å². The Balaban J connectivity index is 1.86. The lowest BCUT2D eigenvalue weighted by atomic mass is 10.2. The number of amides is 1. The highest BCUT2D eigenvalue weighted by atomic mass is 79.9. The van der Waals surface area contributed by atoms with Gasteiger partial charge in [0.1, 0.15) is 0 Å². The Bertz CT molecular complexity index is 571. The molecule has 1 amide bonds. The third-order valence-electron chi connectivity index (χ3n) is 2.46. The van der Waals surface area contributed by atoms with E-state index in [-0.39, 0.29) is 5.91 Å². The molecule has 0 fully saturated rings. The zero-order valence-corrected chi connectivity index (χ0v) is 12.8. The van der Waals surface area contributed by atoms with Gasteiger partial charge in [0, 0.05) is 23.7 Å². The Morgan fingerprint density at radius 2 is 2.32 bits per heavy atom. The average Bonchev–Trinajstić information content (AvgIpc) is 2.82. The first-order chi connectivity index (χ1) is 9.17. The number of aromatic nitrogens is 1. The van der Waals surface area contributed by atoms with Crippen molar-refractivity contribution in [1.29, 1.82) is 0 Å². The average molecular weight is 341 g/mol. The van der Waals surface area contributed by atoms with Crippen LogP contribution in [0.2, 0.25) is 0 Å². The summed E-state index contributed by atoms with van der Waals surface area (Å²) in [7, 11) is 1.57. The summed E-state index contributed by atoms with van der Waals surface area (Å²) in [5, 5.41) is 2.88. The molecule has 2 aromatic heterocycles. The van der Waals surface area contributed by atoms with Gasteiger partial charge in [-0.3, -0.25) is 4.79 Å². The SMILES string of the molecule is COc1cc(CNC(=O)Cc2ccc(Br)s2)ccn1. The number of ether oxygens (including phenoxy) is 1. The molecule has 6 heteroatoms. The second-order valence-corrected chi connectivity index (χ2v) is 6.41. The van der Waals surface area contributed by atoms with Crippen LogP contribution >= 0.6 is 27.3 Å². The summed E-state index contributed by atoms with van der Waals surface area (Å²) >= 11 is 4.95. The van der Waals surface area contributed by atoms with Crippen LogP contribution in [0.25, 0.3) is 0 Å². The summed E-state index contributed by atoms with van der Waals surface area (Å²) in [4.78, 5) is 16.8. The van der Waals surface area contributed by atoms with Crippen LogP contribution in [0.5, 0.6) is 5.88 Å². The number of halogens is 1. The summed E-state index contributed by atoms with van der Waals surface area (Å²) in [5.74, 6) is 0.555. The lowest BCUT2D eigenvalue weighted by molar-refractivity contribution is -0.120. The van der Waals surface area contributed by atoms with Crippen LogP contribution in [0.1, 0.15) is 10.4 Å². The van der Waals surface area contributed by atoms with Crippen molar-refractivity contribution in [3.05, 3.63) is 44.7 Å². The Kier molecular flexibility index (Phi) is 4.93. The van der Waals surface area contributed by atoms with Crippen molar-refractivity contribution in [1.82, 2.24) is 10.3 Å². The molecule has 0 aromatic carbocycles. The molecule has 0 saturated heterocycles. The molecule has 0 spiro atoms. The number of hydrogen-bond donors (Lipinski definition) is 1. The summed E-state index contributed by atoms with van der Waals surface area (Å²) < 4.78 is 6.07. The van der Waals surface area contributed by atoms with Gasteiger partial charge in [-0.25, -0.2) is 4.98 Å². The molecule has 4 nitrogen and oxygen atoms in total. The van der Waals surface area contributed by atoms with E-state index in [1.807, 2.05) is 24.3 Å². The van der Waals surface area contributed by atoms with Gasteiger partial charge in [0.25, 0.3) is 0 Å². The number of nitrogens with zero attached hydrogens (tertiary/aromatic N) is 1. The molecule has 0 saturated carbocycles. The number of nitrogens with one attached hydrogen (secondary N) is 1. The second-order valence-electron chi connectivity index (χ2n) is 3.87. The second kappa shape index (κ2) is 6.68. The van der Waals surface area contributed by atoms with E-state index in [1.54, 1.807) is 24.6 Å². The van der Waals surface area contributed by atoms with Gasteiger partial charge in [-0.15, -0.1) is 11.3 Å². The van der Waals surface area contributed by atoms with Gasteiger partial charge < -0.3 is 10.1 Å². The van der Waals surface area contributed by atoms with E-state index in [9.17, 15) is 4.79 Å². The molecule has 2 rings (SSSR count). The molecule has 0 radical (unpaired) electrons. The smallest absolute Gasteiger partial charge is 0.225 e. The van der Waals surface area contributed by atoms with Crippen molar-refractivity contribution in [2.75, 3.05) is 7.11 Å². The molecular weight excluding hydrogens is 328 g/mol. The highest BCUT2D eigenvalue weighted by molar-refractivity contribution is 9.11. The first kappa shape index (κ1) is 14.0. The van der Waals surface area contributed by atoms with Gasteiger partial charge in [-0.05, 0) is 39.7 Å². The van der Waals surface area contributed by atoms with E-state index >= 15 is 0 Å². The number of hydrogen-bond acceptors (Lipinski definition) is 4. The number of carbonyl (C=O) groups excluding carboxylic acids is 1. The standard InChI is InChI=1S/C13H13BrN2O2S/c1-18-13-6-9(4-5-15-13)8-16-12(17)7-10-2-3-11(14)19-10/h2-6H,7-8H2,1H3,(H,16,17). The maximum atomic E-state index is 11.8. The fourth-order valence-corrected chi connectivity index (χ4v) is 3.02. The fourth-order valence-electron chi connectivity index (χ4n) is 1.54. The summed E-state index contributed by atoms with van der Waals surface area (Å²) in [5.41, 5.74) is 0.965. The van der Waals surface area contributed by atoms with Crippen LogP contribution in [0.4, 0.5) is 0 Å². The van der Waals surface area contributed by atoms with Crippen LogP contribution in [-0.2, 0) is 17.8 Å². The molecule has 0 atom stereocenters. The minimum absolute atomic E-state index is 0.00475. The lowest BCUT2D eigenvalue weighted by Gasteiger charge is -2.05. The minimum atomic E-state index is 0.00475. The van der Waals surface area contributed by atoms with E-state index in [4.69, 9.17) is 4.74 Å². The van der Waals surface area contributed by atoms with E-state index in [1.165, 1.54) is 0 Å². The first-order valence-electron chi connectivity index (χ1n) is 5.67. The molecule has 0 unspecified atom stereocenters. The Morgan fingerprint density at radius 1 is 1.47 bits per heavy atom. The van der Waals surface area contributed by atoms with Gasteiger partial charge >= 0.3 is 0 Å². The number of rotatable bonds is 5. The minimum Gasteiger partial charge on any atom is -0.481 e. The van der Waals surface area contributed by atoms with E-state index in [0.29, 0.717) is 18.8 Å². The van der Waals surface area contributed by atoms with Gasteiger partial charge in [-0.2, -0.15) is 0 Å². The van der Waals surface area contributed by atoms with Crippen LogP contribution < -0.4 is 10.1 Å². The van der Waals surface area contributed by atoms with Crippen molar-refractivity contribution >= 4 is 33.2 Å². The van der Waals surface area contributed by atoms with Gasteiger partial charge in [0.2, 0.25) is 11.8 Å². The molecule has 0 aliphatic heterocycles. The van der Waals surface area contributed by atoms with E-state index < -0.39 is 0 Å². The van der Waals surface area contributed by atoms with Crippen molar-refractivity contribution in [2.24, 2.45) is 0 Å². The van der Waals surface area contributed by atoms with Crippen molar-refractivity contribution in [2.45, 2.75) is 13.0 Å². The highest BCUT2D eigenvalue weighted by Crippen LogP contribution is 2.22. The Hall–Kier alpha value is -1.40. The van der Waals surface area contributed by atoms with Crippen LogP contribution in [-0.4, -0.2) is 18.0 Å².